The molecule has 1 aliphatic rings. The summed E-state index contributed by atoms with van der Waals surface area (Å²) in [5.74, 6) is -0.528. The molecule has 2 rings (SSSR count). The van der Waals surface area contributed by atoms with E-state index in [0.29, 0.717) is 18.5 Å². The van der Waals surface area contributed by atoms with Gasteiger partial charge in [-0.05, 0) is 31.9 Å². The van der Waals surface area contributed by atoms with Crippen LogP contribution in [-0.4, -0.2) is 32.7 Å². The van der Waals surface area contributed by atoms with Crippen molar-refractivity contribution in [2.24, 2.45) is 0 Å². The van der Waals surface area contributed by atoms with Gasteiger partial charge in [0.25, 0.3) is 0 Å². The topological polar surface area (TPSA) is 92.3 Å². The molecular weight excluding hydrogens is 280 g/mol. The van der Waals surface area contributed by atoms with E-state index in [4.69, 9.17) is 0 Å². The number of ketones is 1. The first-order valence-electron chi connectivity index (χ1n) is 6.31. The van der Waals surface area contributed by atoms with E-state index in [1.54, 1.807) is 6.07 Å². The van der Waals surface area contributed by atoms with Crippen molar-refractivity contribution >= 4 is 21.7 Å². The summed E-state index contributed by atoms with van der Waals surface area (Å²) >= 11 is 0. The lowest BCUT2D eigenvalue weighted by molar-refractivity contribution is -0.124. The van der Waals surface area contributed by atoms with Crippen molar-refractivity contribution < 1.29 is 18.0 Å². The van der Waals surface area contributed by atoms with E-state index < -0.39 is 16.1 Å². The predicted octanol–water partition coefficient (Wildman–Crippen LogP) is 0.446. The molecule has 7 heteroatoms. The highest BCUT2D eigenvalue weighted by Gasteiger charge is 2.27. The van der Waals surface area contributed by atoms with E-state index in [1.165, 1.54) is 25.1 Å². The molecule has 1 unspecified atom stereocenters. The number of benzene rings is 1. The van der Waals surface area contributed by atoms with Gasteiger partial charge in [0.2, 0.25) is 15.9 Å². The molecule has 1 saturated heterocycles. The predicted molar refractivity (Wildman–Crippen MR) is 72.8 cm³/mol. The molecule has 0 bridgehead atoms. The highest BCUT2D eigenvalue weighted by atomic mass is 32.2. The number of hydrogen-bond acceptors (Lipinski definition) is 4. The molecule has 0 spiro atoms. The summed E-state index contributed by atoms with van der Waals surface area (Å²) in [6.07, 6.45) is 1.20. The molecule has 1 heterocycles. The van der Waals surface area contributed by atoms with Crippen LogP contribution < -0.4 is 10.0 Å². The molecular formula is C13H16N2O4S. The minimum Gasteiger partial charge on any atom is -0.355 e. The molecule has 0 saturated carbocycles. The molecule has 1 amide bonds. The Hall–Kier alpha value is -1.73. The Kier molecular flexibility index (Phi) is 4.20. The molecule has 1 aromatic carbocycles. The number of amides is 1. The number of carbonyl (C=O) groups is 2. The number of nitrogens with one attached hydrogen (secondary N) is 2. The lowest BCUT2D eigenvalue weighted by Crippen LogP contribution is -2.50. The first kappa shape index (κ1) is 14.7. The van der Waals surface area contributed by atoms with Crippen LogP contribution in [0.2, 0.25) is 0 Å². The SMILES string of the molecule is CC(=O)c1cccc(S(=O)(=O)NC2CCCNC2=O)c1. The number of sulfonamides is 1. The second kappa shape index (κ2) is 5.72. The third kappa shape index (κ3) is 3.23. The fourth-order valence-electron chi connectivity index (χ4n) is 2.02. The minimum absolute atomic E-state index is 0.0106. The smallest absolute Gasteiger partial charge is 0.241 e. The Balaban J connectivity index is 2.23. The Morgan fingerprint density at radius 1 is 1.40 bits per heavy atom. The van der Waals surface area contributed by atoms with Crippen LogP contribution in [0, 0.1) is 0 Å². The van der Waals surface area contributed by atoms with Gasteiger partial charge in [0.15, 0.2) is 5.78 Å². The molecule has 1 fully saturated rings. The summed E-state index contributed by atoms with van der Waals surface area (Å²) in [5, 5.41) is 2.62. The molecule has 0 aromatic heterocycles. The van der Waals surface area contributed by atoms with Gasteiger partial charge < -0.3 is 5.32 Å². The molecule has 1 aromatic rings. The molecule has 1 aliphatic heterocycles. The maximum atomic E-state index is 12.2. The van der Waals surface area contributed by atoms with Crippen LogP contribution in [0.4, 0.5) is 0 Å². The summed E-state index contributed by atoms with van der Waals surface area (Å²) in [6, 6.07) is 5.01. The summed E-state index contributed by atoms with van der Waals surface area (Å²) in [5.41, 5.74) is 0.320. The second-order valence-electron chi connectivity index (χ2n) is 4.69. The third-order valence-corrected chi connectivity index (χ3v) is 4.60. The van der Waals surface area contributed by atoms with Gasteiger partial charge in [0, 0.05) is 12.1 Å². The zero-order valence-corrected chi connectivity index (χ0v) is 11.9. The van der Waals surface area contributed by atoms with Gasteiger partial charge in [-0.2, -0.15) is 4.72 Å². The van der Waals surface area contributed by atoms with Gasteiger partial charge in [-0.15, -0.1) is 0 Å². The van der Waals surface area contributed by atoms with Crippen molar-refractivity contribution in [2.75, 3.05) is 6.54 Å². The molecule has 1 atom stereocenters. The van der Waals surface area contributed by atoms with Gasteiger partial charge >= 0.3 is 0 Å². The van der Waals surface area contributed by atoms with E-state index in [0.717, 1.165) is 6.42 Å². The van der Waals surface area contributed by atoms with Gasteiger partial charge in [0.05, 0.1) is 4.90 Å². The molecule has 20 heavy (non-hydrogen) atoms. The van der Waals surface area contributed by atoms with Crippen LogP contribution >= 0.6 is 0 Å². The van der Waals surface area contributed by atoms with E-state index in [2.05, 4.69) is 10.0 Å². The number of piperidine rings is 1. The maximum Gasteiger partial charge on any atom is 0.241 e. The van der Waals surface area contributed by atoms with Gasteiger partial charge in [0.1, 0.15) is 6.04 Å². The quantitative estimate of drug-likeness (QED) is 0.789. The lowest BCUT2D eigenvalue weighted by atomic mass is 10.1. The molecule has 0 aliphatic carbocycles. The fourth-order valence-corrected chi connectivity index (χ4v) is 3.30. The minimum atomic E-state index is -3.81. The van der Waals surface area contributed by atoms with Crippen molar-refractivity contribution in [2.45, 2.75) is 30.7 Å². The molecule has 6 nitrogen and oxygen atoms in total. The fraction of sp³-hybridized carbons (Fsp3) is 0.385. The van der Waals surface area contributed by atoms with Crippen molar-refractivity contribution in [1.82, 2.24) is 10.0 Å². The number of hydrogen-bond donors (Lipinski definition) is 2. The van der Waals surface area contributed by atoms with Crippen molar-refractivity contribution in [3.8, 4) is 0 Å². The van der Waals surface area contributed by atoms with Crippen molar-refractivity contribution in [3.63, 3.8) is 0 Å². The summed E-state index contributed by atoms with van der Waals surface area (Å²) in [4.78, 5) is 22.9. The van der Waals surface area contributed by atoms with Gasteiger partial charge in [-0.1, -0.05) is 12.1 Å². The monoisotopic (exact) mass is 296 g/mol. The average molecular weight is 296 g/mol. The highest BCUT2D eigenvalue weighted by molar-refractivity contribution is 7.89. The largest absolute Gasteiger partial charge is 0.355 e. The molecule has 108 valence electrons. The van der Waals surface area contributed by atoms with Crippen LogP contribution in [0.5, 0.6) is 0 Å². The van der Waals surface area contributed by atoms with Crippen LogP contribution in [0.15, 0.2) is 29.2 Å². The average Bonchev–Trinajstić information content (AvgIpc) is 2.41. The summed E-state index contributed by atoms with van der Waals surface area (Å²) in [6.45, 7) is 1.94. The van der Waals surface area contributed by atoms with E-state index >= 15 is 0 Å². The second-order valence-corrected chi connectivity index (χ2v) is 6.41. The maximum absolute atomic E-state index is 12.2. The Labute approximate surface area is 117 Å². The molecule has 0 radical (unpaired) electrons. The summed E-state index contributed by atoms with van der Waals surface area (Å²) < 4.78 is 26.8. The highest BCUT2D eigenvalue weighted by Crippen LogP contribution is 2.14. The Morgan fingerprint density at radius 2 is 2.15 bits per heavy atom. The third-order valence-electron chi connectivity index (χ3n) is 3.13. The number of rotatable bonds is 4. The van der Waals surface area contributed by atoms with E-state index in [-0.39, 0.29) is 16.6 Å². The van der Waals surface area contributed by atoms with E-state index in [9.17, 15) is 18.0 Å². The summed E-state index contributed by atoms with van der Waals surface area (Å²) in [7, 11) is -3.81. The first-order chi connectivity index (χ1) is 9.40. The Bertz CT molecular complexity index is 640. The van der Waals surface area contributed by atoms with Crippen LogP contribution in [0.1, 0.15) is 30.1 Å². The van der Waals surface area contributed by atoms with Gasteiger partial charge in [-0.3, -0.25) is 9.59 Å². The van der Waals surface area contributed by atoms with Crippen LogP contribution in [-0.2, 0) is 14.8 Å². The zero-order valence-electron chi connectivity index (χ0n) is 11.0. The normalized spacial score (nSPS) is 19.4. The molecule has 2 N–H and O–H groups in total. The van der Waals surface area contributed by atoms with E-state index in [1.807, 2.05) is 0 Å². The van der Waals surface area contributed by atoms with Crippen molar-refractivity contribution in [1.29, 1.82) is 0 Å². The standard InChI is InChI=1S/C13H16N2O4S/c1-9(16)10-4-2-5-11(8-10)20(18,19)15-12-6-3-7-14-13(12)17/h2,4-5,8,12,15H,3,6-7H2,1H3,(H,14,17). The van der Waals surface area contributed by atoms with Crippen LogP contribution in [0.3, 0.4) is 0 Å². The van der Waals surface area contributed by atoms with Crippen molar-refractivity contribution in [3.05, 3.63) is 29.8 Å². The first-order valence-corrected chi connectivity index (χ1v) is 7.79. The lowest BCUT2D eigenvalue weighted by Gasteiger charge is -2.22. The number of carbonyl (C=O) groups excluding carboxylic acids is 2. The number of Topliss-reactive ketones (excluding diaryl/α,β-unsaturated/α-hetero) is 1. The van der Waals surface area contributed by atoms with Crippen LogP contribution in [0.25, 0.3) is 0 Å². The zero-order chi connectivity index (χ0) is 14.8. The Morgan fingerprint density at radius 3 is 2.80 bits per heavy atom. The van der Waals surface area contributed by atoms with Gasteiger partial charge in [-0.25, -0.2) is 8.42 Å².